The second-order valence-corrected chi connectivity index (χ2v) is 7.92. The molecular formula is C22H19BrCl2N2O2. The van der Waals surface area contributed by atoms with Crippen molar-refractivity contribution in [1.29, 1.82) is 0 Å². The van der Waals surface area contributed by atoms with Gasteiger partial charge in [0, 0.05) is 15.6 Å². The Morgan fingerprint density at radius 2 is 1.86 bits per heavy atom. The fourth-order valence-electron chi connectivity index (χ4n) is 2.56. The molecule has 0 aromatic heterocycles. The molecule has 0 saturated heterocycles. The van der Waals surface area contributed by atoms with Gasteiger partial charge in [-0.1, -0.05) is 47.5 Å². The second kappa shape index (κ2) is 10.0. The van der Waals surface area contributed by atoms with Crippen LogP contribution in [0.25, 0.3) is 0 Å². The van der Waals surface area contributed by atoms with E-state index in [4.69, 9.17) is 32.7 Å². The maximum atomic E-state index is 6.20. The lowest BCUT2D eigenvalue weighted by molar-refractivity contribution is 0.282. The molecule has 0 heterocycles. The van der Waals surface area contributed by atoms with E-state index >= 15 is 0 Å². The molecule has 0 atom stereocenters. The van der Waals surface area contributed by atoms with Crippen LogP contribution in [0.5, 0.6) is 11.5 Å². The number of halogens is 3. The topological polar surface area (TPSA) is 42.8 Å². The molecule has 0 bridgehead atoms. The first-order chi connectivity index (χ1) is 14.0. The number of nitrogens with one attached hydrogen (secondary N) is 1. The van der Waals surface area contributed by atoms with Crippen molar-refractivity contribution < 1.29 is 9.47 Å². The summed E-state index contributed by atoms with van der Waals surface area (Å²) in [5.74, 6) is 1.19. The quantitative estimate of drug-likeness (QED) is 0.282. The third-order valence-electron chi connectivity index (χ3n) is 4.16. The summed E-state index contributed by atoms with van der Waals surface area (Å²) in [5, 5.41) is 5.62. The molecule has 0 amide bonds. The van der Waals surface area contributed by atoms with Gasteiger partial charge in [0.05, 0.1) is 23.5 Å². The molecule has 0 saturated carbocycles. The van der Waals surface area contributed by atoms with Gasteiger partial charge in [0.15, 0.2) is 11.5 Å². The number of hydrazone groups is 1. The lowest BCUT2D eigenvalue weighted by Gasteiger charge is -2.14. The van der Waals surface area contributed by atoms with Gasteiger partial charge in [0.2, 0.25) is 0 Å². The van der Waals surface area contributed by atoms with E-state index < -0.39 is 0 Å². The van der Waals surface area contributed by atoms with Crippen LogP contribution < -0.4 is 14.9 Å². The number of benzene rings is 3. The minimum atomic E-state index is 0.331. The number of methoxy groups -OCH3 is 1. The SMILES string of the molecule is COc1cc(C=NNc2ccc(C)c(Cl)c2)cc(Br)c1OCc1ccccc1Cl. The van der Waals surface area contributed by atoms with Gasteiger partial charge in [-0.2, -0.15) is 5.10 Å². The number of anilines is 1. The summed E-state index contributed by atoms with van der Waals surface area (Å²) in [6.45, 7) is 2.28. The third kappa shape index (κ3) is 5.66. The standard InChI is InChI=1S/C22H19BrCl2N2O2/c1-14-7-8-17(11-20(14)25)27-26-12-15-9-18(23)22(21(10-15)28-2)29-13-16-5-3-4-6-19(16)24/h3-12,27H,13H2,1-2H3. The van der Waals surface area contributed by atoms with Gasteiger partial charge in [0.1, 0.15) is 6.61 Å². The summed E-state index contributed by atoms with van der Waals surface area (Å²) in [4.78, 5) is 0. The summed E-state index contributed by atoms with van der Waals surface area (Å²) in [6.07, 6.45) is 1.69. The predicted molar refractivity (Wildman–Crippen MR) is 124 cm³/mol. The van der Waals surface area contributed by atoms with Crippen molar-refractivity contribution >= 4 is 51.0 Å². The smallest absolute Gasteiger partial charge is 0.175 e. The van der Waals surface area contributed by atoms with Crippen molar-refractivity contribution in [2.24, 2.45) is 5.10 Å². The molecule has 0 aliphatic carbocycles. The number of aryl methyl sites for hydroxylation is 1. The normalized spacial score (nSPS) is 10.9. The fraction of sp³-hybridized carbons (Fsp3) is 0.136. The Bertz CT molecular complexity index is 1040. The Hall–Kier alpha value is -2.21. The Morgan fingerprint density at radius 3 is 2.59 bits per heavy atom. The van der Waals surface area contributed by atoms with Gasteiger partial charge in [-0.25, -0.2) is 0 Å². The van der Waals surface area contributed by atoms with Crippen LogP contribution in [0.4, 0.5) is 5.69 Å². The van der Waals surface area contributed by atoms with Crippen molar-refractivity contribution in [2.45, 2.75) is 13.5 Å². The molecular weight excluding hydrogens is 475 g/mol. The molecule has 0 aliphatic heterocycles. The van der Waals surface area contributed by atoms with Crippen molar-refractivity contribution in [3.63, 3.8) is 0 Å². The molecule has 0 fully saturated rings. The van der Waals surface area contributed by atoms with Crippen molar-refractivity contribution in [2.75, 3.05) is 12.5 Å². The monoisotopic (exact) mass is 492 g/mol. The minimum absolute atomic E-state index is 0.331. The summed E-state index contributed by atoms with van der Waals surface area (Å²) in [6, 6.07) is 17.0. The summed E-state index contributed by atoms with van der Waals surface area (Å²) in [7, 11) is 1.59. The number of ether oxygens (including phenoxy) is 2. The Balaban J connectivity index is 1.73. The molecule has 3 rings (SSSR count). The summed E-state index contributed by atoms with van der Waals surface area (Å²) < 4.78 is 12.2. The van der Waals surface area contributed by atoms with Gasteiger partial charge >= 0.3 is 0 Å². The van der Waals surface area contributed by atoms with E-state index in [-0.39, 0.29) is 0 Å². The highest BCUT2D eigenvalue weighted by Crippen LogP contribution is 2.37. The van der Waals surface area contributed by atoms with Crippen LogP contribution >= 0.6 is 39.1 Å². The molecule has 0 unspecified atom stereocenters. The lowest BCUT2D eigenvalue weighted by atomic mass is 10.2. The summed E-state index contributed by atoms with van der Waals surface area (Å²) >= 11 is 15.9. The maximum Gasteiger partial charge on any atom is 0.175 e. The lowest BCUT2D eigenvalue weighted by Crippen LogP contribution is -2.00. The number of nitrogens with zero attached hydrogens (tertiary/aromatic N) is 1. The highest BCUT2D eigenvalue weighted by atomic mass is 79.9. The van der Waals surface area contributed by atoms with Crippen LogP contribution in [0.3, 0.4) is 0 Å². The molecule has 0 aliphatic rings. The minimum Gasteiger partial charge on any atom is -0.493 e. The van der Waals surface area contributed by atoms with Crippen LogP contribution in [0.2, 0.25) is 10.0 Å². The Morgan fingerprint density at radius 1 is 1.07 bits per heavy atom. The van der Waals surface area contributed by atoms with Gasteiger partial charge in [-0.05, 0) is 64.3 Å². The van der Waals surface area contributed by atoms with Gasteiger partial charge in [-0.3, -0.25) is 5.43 Å². The van der Waals surface area contributed by atoms with E-state index in [0.29, 0.717) is 28.2 Å². The Kier molecular flexibility index (Phi) is 7.42. The average molecular weight is 494 g/mol. The van der Waals surface area contributed by atoms with Crippen LogP contribution in [-0.2, 0) is 6.61 Å². The molecule has 0 radical (unpaired) electrons. The van der Waals surface area contributed by atoms with Gasteiger partial charge in [-0.15, -0.1) is 0 Å². The van der Waals surface area contributed by atoms with Crippen LogP contribution in [0, 0.1) is 6.92 Å². The van der Waals surface area contributed by atoms with Crippen LogP contribution in [0.15, 0.2) is 64.2 Å². The molecule has 3 aromatic carbocycles. The molecule has 4 nitrogen and oxygen atoms in total. The van der Waals surface area contributed by atoms with E-state index in [2.05, 4.69) is 26.5 Å². The van der Waals surface area contributed by atoms with E-state index in [1.165, 1.54) is 0 Å². The zero-order valence-electron chi connectivity index (χ0n) is 15.9. The molecule has 1 N–H and O–H groups in total. The van der Waals surface area contributed by atoms with Crippen molar-refractivity contribution in [1.82, 2.24) is 0 Å². The third-order valence-corrected chi connectivity index (χ3v) is 5.53. The van der Waals surface area contributed by atoms with Crippen LogP contribution in [-0.4, -0.2) is 13.3 Å². The van der Waals surface area contributed by atoms with E-state index in [9.17, 15) is 0 Å². The first-order valence-corrected chi connectivity index (χ1v) is 10.3. The first-order valence-electron chi connectivity index (χ1n) is 8.77. The fourth-order valence-corrected chi connectivity index (χ4v) is 3.51. The first kappa shape index (κ1) is 21.5. The molecule has 29 heavy (non-hydrogen) atoms. The highest BCUT2D eigenvalue weighted by molar-refractivity contribution is 9.10. The van der Waals surface area contributed by atoms with Crippen molar-refractivity contribution in [3.8, 4) is 11.5 Å². The van der Waals surface area contributed by atoms with Gasteiger partial charge in [0.25, 0.3) is 0 Å². The largest absolute Gasteiger partial charge is 0.493 e. The van der Waals surface area contributed by atoms with Gasteiger partial charge < -0.3 is 9.47 Å². The Labute approximate surface area is 188 Å². The predicted octanol–water partition coefficient (Wildman–Crippen LogP) is 7.10. The van der Waals surface area contributed by atoms with Crippen molar-refractivity contribution in [3.05, 3.63) is 85.8 Å². The number of hydrogen-bond donors (Lipinski definition) is 1. The zero-order chi connectivity index (χ0) is 20.8. The molecule has 3 aromatic rings. The number of hydrogen-bond acceptors (Lipinski definition) is 4. The average Bonchev–Trinajstić information content (AvgIpc) is 2.70. The highest BCUT2D eigenvalue weighted by Gasteiger charge is 2.12. The second-order valence-electron chi connectivity index (χ2n) is 6.25. The van der Waals surface area contributed by atoms with E-state index in [1.54, 1.807) is 13.3 Å². The maximum absolute atomic E-state index is 6.20. The molecule has 150 valence electrons. The zero-order valence-corrected chi connectivity index (χ0v) is 19.0. The molecule has 0 spiro atoms. The molecule has 7 heteroatoms. The summed E-state index contributed by atoms with van der Waals surface area (Å²) in [5.41, 5.74) is 6.53. The van der Waals surface area contributed by atoms with E-state index in [0.717, 1.165) is 26.9 Å². The van der Waals surface area contributed by atoms with E-state index in [1.807, 2.05) is 61.5 Å². The van der Waals surface area contributed by atoms with Crippen LogP contribution in [0.1, 0.15) is 16.7 Å². The number of rotatable bonds is 7.